The number of hydrogen-bond donors (Lipinski definition) is 1. The Morgan fingerprint density at radius 3 is 2.53 bits per heavy atom. The lowest BCUT2D eigenvalue weighted by molar-refractivity contribution is -0.0637. The van der Waals surface area contributed by atoms with Gasteiger partial charge in [-0.15, -0.1) is 0 Å². The Morgan fingerprint density at radius 2 is 1.94 bits per heavy atom. The molecule has 6 atom stereocenters. The largest absolute Gasteiger partial charge is 0.393 e. The van der Waals surface area contributed by atoms with E-state index in [-0.39, 0.29) is 6.10 Å². The van der Waals surface area contributed by atoms with Crippen molar-refractivity contribution in [2.24, 2.45) is 29.1 Å². The minimum Gasteiger partial charge on any atom is -0.393 e. The number of aliphatic hydroxyl groups excluding tert-OH is 1. The van der Waals surface area contributed by atoms with Crippen LogP contribution in [0.3, 0.4) is 0 Å². The Morgan fingerprint density at radius 1 is 1.24 bits per heavy atom. The molecule has 0 heterocycles. The summed E-state index contributed by atoms with van der Waals surface area (Å²) in [5.74, 6) is 2.84. The molecule has 0 aromatic carbocycles. The van der Waals surface area contributed by atoms with Gasteiger partial charge in [0.1, 0.15) is 0 Å². The van der Waals surface area contributed by atoms with Gasteiger partial charge in [0.15, 0.2) is 0 Å². The topological polar surface area (TPSA) is 20.2 Å². The molecule has 0 amide bonds. The maximum absolute atomic E-state index is 10.6. The molecule has 2 aliphatic rings. The second-order valence-corrected chi connectivity index (χ2v) is 6.88. The molecule has 0 aromatic heterocycles. The average molecular weight is 238 g/mol. The first-order valence-corrected chi connectivity index (χ1v) is 7.72. The molecule has 0 bridgehead atoms. The molecule has 2 rings (SSSR count). The van der Waals surface area contributed by atoms with Crippen LogP contribution in [0.5, 0.6) is 0 Å². The lowest BCUT2D eigenvalue weighted by atomic mass is 9.59. The van der Waals surface area contributed by atoms with Crippen LogP contribution in [0, 0.1) is 29.1 Å². The van der Waals surface area contributed by atoms with Crippen LogP contribution in [0.2, 0.25) is 0 Å². The van der Waals surface area contributed by atoms with E-state index in [9.17, 15) is 5.11 Å². The van der Waals surface area contributed by atoms with Gasteiger partial charge in [-0.2, -0.15) is 0 Å². The number of rotatable bonds is 3. The van der Waals surface area contributed by atoms with E-state index in [0.717, 1.165) is 18.3 Å². The van der Waals surface area contributed by atoms with E-state index in [1.807, 2.05) is 0 Å². The Labute approximate surface area is 107 Å². The first kappa shape index (κ1) is 13.4. The normalized spacial score (nSPS) is 47.8. The van der Waals surface area contributed by atoms with Crippen LogP contribution in [0.15, 0.2) is 0 Å². The van der Waals surface area contributed by atoms with Crippen LogP contribution in [0.25, 0.3) is 0 Å². The van der Waals surface area contributed by atoms with Gasteiger partial charge in [0.2, 0.25) is 0 Å². The summed E-state index contributed by atoms with van der Waals surface area (Å²) < 4.78 is 0. The molecular weight excluding hydrogens is 208 g/mol. The van der Waals surface area contributed by atoms with Gasteiger partial charge < -0.3 is 5.11 Å². The third kappa shape index (κ3) is 2.05. The van der Waals surface area contributed by atoms with E-state index in [2.05, 4.69) is 27.7 Å². The van der Waals surface area contributed by atoms with Crippen molar-refractivity contribution in [2.75, 3.05) is 0 Å². The third-order valence-corrected chi connectivity index (χ3v) is 6.29. The molecule has 17 heavy (non-hydrogen) atoms. The first-order valence-electron chi connectivity index (χ1n) is 7.72. The standard InChI is InChI=1S/C16H30O/c1-5-11(3)13-7-8-14-15(17)12(6-2)9-10-16(13,14)4/h11-15,17H,5-10H2,1-4H3. The highest BCUT2D eigenvalue weighted by molar-refractivity contribution is 5.03. The van der Waals surface area contributed by atoms with Gasteiger partial charge in [0, 0.05) is 0 Å². The van der Waals surface area contributed by atoms with Crippen molar-refractivity contribution in [3.63, 3.8) is 0 Å². The molecule has 0 spiro atoms. The Hall–Kier alpha value is -0.0400. The average Bonchev–Trinajstić information content (AvgIpc) is 2.67. The van der Waals surface area contributed by atoms with E-state index in [0.29, 0.717) is 17.3 Å². The number of aliphatic hydroxyl groups is 1. The maximum Gasteiger partial charge on any atom is 0.0601 e. The molecule has 1 heteroatoms. The summed E-state index contributed by atoms with van der Waals surface area (Å²) in [6, 6.07) is 0. The van der Waals surface area contributed by atoms with Crippen molar-refractivity contribution in [3.05, 3.63) is 0 Å². The molecule has 0 aromatic rings. The number of hydrogen-bond acceptors (Lipinski definition) is 1. The molecule has 2 fully saturated rings. The molecule has 0 saturated heterocycles. The van der Waals surface area contributed by atoms with Crippen molar-refractivity contribution >= 4 is 0 Å². The highest BCUT2D eigenvalue weighted by Gasteiger charge is 2.53. The van der Waals surface area contributed by atoms with Crippen LogP contribution in [0.1, 0.15) is 66.2 Å². The van der Waals surface area contributed by atoms with Gasteiger partial charge in [-0.1, -0.05) is 40.5 Å². The summed E-state index contributed by atoms with van der Waals surface area (Å²) >= 11 is 0. The summed E-state index contributed by atoms with van der Waals surface area (Å²) in [6.07, 6.45) is 7.64. The van der Waals surface area contributed by atoms with E-state index in [1.54, 1.807) is 0 Å². The Balaban J connectivity index is 2.16. The molecule has 0 aliphatic heterocycles. The summed E-state index contributed by atoms with van der Waals surface area (Å²) in [7, 11) is 0. The second-order valence-electron chi connectivity index (χ2n) is 6.88. The summed E-state index contributed by atoms with van der Waals surface area (Å²) in [5, 5.41) is 10.6. The van der Waals surface area contributed by atoms with Crippen LogP contribution < -0.4 is 0 Å². The minimum absolute atomic E-state index is 0.0205. The first-order chi connectivity index (χ1) is 8.04. The lowest BCUT2D eigenvalue weighted by Crippen LogP contribution is -2.45. The molecular formula is C16H30O. The Kier molecular flexibility index (Phi) is 3.87. The van der Waals surface area contributed by atoms with E-state index in [1.165, 1.54) is 32.1 Å². The van der Waals surface area contributed by atoms with E-state index < -0.39 is 0 Å². The predicted molar refractivity (Wildman–Crippen MR) is 72.8 cm³/mol. The Bertz CT molecular complexity index is 262. The van der Waals surface area contributed by atoms with Crippen LogP contribution >= 0.6 is 0 Å². The van der Waals surface area contributed by atoms with E-state index >= 15 is 0 Å². The molecule has 0 radical (unpaired) electrons. The van der Waals surface area contributed by atoms with Crippen LogP contribution in [-0.2, 0) is 0 Å². The van der Waals surface area contributed by atoms with Crippen molar-refractivity contribution in [2.45, 2.75) is 72.3 Å². The van der Waals surface area contributed by atoms with Gasteiger partial charge >= 0.3 is 0 Å². The van der Waals surface area contributed by atoms with Crippen molar-refractivity contribution in [1.29, 1.82) is 0 Å². The van der Waals surface area contributed by atoms with Gasteiger partial charge in [-0.25, -0.2) is 0 Å². The molecule has 6 unspecified atom stereocenters. The van der Waals surface area contributed by atoms with Crippen molar-refractivity contribution < 1.29 is 5.11 Å². The predicted octanol–water partition coefficient (Wildman–Crippen LogP) is 4.25. The third-order valence-electron chi connectivity index (χ3n) is 6.29. The monoisotopic (exact) mass is 238 g/mol. The molecule has 1 nitrogen and oxygen atoms in total. The molecule has 2 saturated carbocycles. The SMILES string of the molecule is CCC(C)C1CCC2C(O)C(CC)CCC12C. The van der Waals surface area contributed by atoms with Gasteiger partial charge in [-0.05, 0) is 54.8 Å². The fraction of sp³-hybridized carbons (Fsp3) is 1.00. The smallest absolute Gasteiger partial charge is 0.0601 e. The zero-order valence-electron chi connectivity index (χ0n) is 12.1. The molecule has 1 N–H and O–H groups in total. The fourth-order valence-corrected chi connectivity index (χ4v) is 4.89. The zero-order chi connectivity index (χ0) is 12.6. The summed E-state index contributed by atoms with van der Waals surface area (Å²) in [5.41, 5.74) is 0.431. The van der Waals surface area contributed by atoms with Gasteiger partial charge in [0.05, 0.1) is 6.10 Å². The molecule has 100 valence electrons. The maximum atomic E-state index is 10.6. The van der Waals surface area contributed by atoms with E-state index in [4.69, 9.17) is 0 Å². The lowest BCUT2D eigenvalue weighted by Gasteiger charge is -2.48. The van der Waals surface area contributed by atoms with Crippen LogP contribution in [-0.4, -0.2) is 11.2 Å². The second kappa shape index (κ2) is 4.91. The quantitative estimate of drug-likeness (QED) is 0.779. The fourth-order valence-electron chi connectivity index (χ4n) is 4.89. The number of fused-ring (bicyclic) bond motifs is 1. The molecule has 2 aliphatic carbocycles. The summed E-state index contributed by atoms with van der Waals surface area (Å²) in [4.78, 5) is 0. The van der Waals surface area contributed by atoms with Gasteiger partial charge in [0.25, 0.3) is 0 Å². The minimum atomic E-state index is -0.0205. The zero-order valence-corrected chi connectivity index (χ0v) is 12.1. The van der Waals surface area contributed by atoms with Crippen molar-refractivity contribution in [3.8, 4) is 0 Å². The highest BCUT2D eigenvalue weighted by Crippen LogP contribution is 2.59. The van der Waals surface area contributed by atoms with Gasteiger partial charge in [-0.3, -0.25) is 0 Å². The van der Waals surface area contributed by atoms with Crippen molar-refractivity contribution in [1.82, 2.24) is 0 Å². The van der Waals surface area contributed by atoms with Crippen LogP contribution in [0.4, 0.5) is 0 Å². The highest BCUT2D eigenvalue weighted by atomic mass is 16.3. The summed E-state index contributed by atoms with van der Waals surface area (Å²) in [6.45, 7) is 9.43.